The zero-order chi connectivity index (χ0) is 32.6. The number of amides is 2. The minimum atomic E-state index is -4.54. The molecule has 3 heterocycles. The molecule has 1 aliphatic carbocycles. The molecule has 15 nitrogen and oxygen atoms in total. The SMILES string of the molecule is CC(C)(C)C(=O)OCOP(=O)(OCOC(=O)C(C)(C)C)OC[C@H]1O[C@@H](N2C=C(C=O)CNC2=O)[C@]2(C)OC3(CCCC3)O[C@H]12. The van der Waals surface area contributed by atoms with Crippen LogP contribution in [0.4, 0.5) is 4.79 Å². The van der Waals surface area contributed by atoms with Crippen LogP contribution in [0, 0.1) is 10.8 Å². The van der Waals surface area contributed by atoms with E-state index < -0.39 is 86.6 Å². The number of esters is 2. The number of rotatable bonds is 11. The summed E-state index contributed by atoms with van der Waals surface area (Å²) in [4.78, 5) is 50.0. The van der Waals surface area contributed by atoms with Crippen LogP contribution in [0.5, 0.6) is 0 Å². The Hall–Kier alpha value is -2.39. The molecular weight excluding hydrogens is 603 g/mol. The maximum absolute atomic E-state index is 13.7. The zero-order valence-electron chi connectivity index (χ0n) is 26.2. The molecule has 1 N–H and O–H groups in total. The van der Waals surface area contributed by atoms with E-state index in [0.717, 1.165) is 12.8 Å². The van der Waals surface area contributed by atoms with Crippen LogP contribution in [0.1, 0.15) is 74.1 Å². The number of nitrogens with zero attached hydrogens (tertiary/aromatic N) is 1. The average molecular weight is 647 g/mol. The highest BCUT2D eigenvalue weighted by atomic mass is 31.2. The van der Waals surface area contributed by atoms with Crippen LogP contribution in [0.15, 0.2) is 11.8 Å². The average Bonchev–Trinajstić information content (AvgIpc) is 3.58. The van der Waals surface area contributed by atoms with E-state index in [0.29, 0.717) is 24.7 Å². The Bertz CT molecular complexity index is 1170. The van der Waals surface area contributed by atoms with Gasteiger partial charge in [0.1, 0.15) is 24.1 Å². The molecule has 4 aliphatic rings. The van der Waals surface area contributed by atoms with E-state index in [2.05, 4.69) is 5.32 Å². The van der Waals surface area contributed by atoms with Gasteiger partial charge < -0.3 is 29.0 Å². The van der Waals surface area contributed by atoms with Crippen LogP contribution in [-0.4, -0.2) is 85.7 Å². The number of aldehydes is 1. The lowest BCUT2D eigenvalue weighted by molar-refractivity contribution is -0.233. The molecule has 248 valence electrons. The molecule has 0 aromatic carbocycles. The molecule has 1 saturated carbocycles. The fourth-order valence-corrected chi connectivity index (χ4v) is 6.15. The lowest BCUT2D eigenvalue weighted by Crippen LogP contribution is -2.56. The van der Waals surface area contributed by atoms with Gasteiger partial charge in [-0.05, 0) is 61.3 Å². The van der Waals surface area contributed by atoms with Gasteiger partial charge in [-0.1, -0.05) is 0 Å². The van der Waals surface area contributed by atoms with Gasteiger partial charge in [-0.2, -0.15) is 0 Å². The summed E-state index contributed by atoms with van der Waals surface area (Å²) in [6.07, 6.45) is 2.26. The van der Waals surface area contributed by atoms with E-state index >= 15 is 0 Å². The molecule has 1 spiro atoms. The summed E-state index contributed by atoms with van der Waals surface area (Å²) in [7, 11) is -4.54. The summed E-state index contributed by atoms with van der Waals surface area (Å²) in [5.41, 5.74) is -2.59. The quantitative estimate of drug-likeness (QED) is 0.150. The monoisotopic (exact) mass is 646 g/mol. The number of carbonyl (C=O) groups is 4. The Balaban J connectivity index is 1.53. The first-order chi connectivity index (χ1) is 20.4. The topological polar surface area (TPSA) is 174 Å². The minimum absolute atomic E-state index is 0.0664. The first-order valence-electron chi connectivity index (χ1n) is 14.5. The Morgan fingerprint density at radius 3 is 2.14 bits per heavy atom. The molecular formula is C28H43N2O13P. The molecule has 2 saturated heterocycles. The second-order valence-corrected chi connectivity index (χ2v) is 15.1. The third-order valence-electron chi connectivity index (χ3n) is 7.62. The van der Waals surface area contributed by atoms with Gasteiger partial charge in [-0.3, -0.25) is 23.8 Å². The smallest absolute Gasteiger partial charge is 0.437 e. The van der Waals surface area contributed by atoms with Crippen molar-refractivity contribution < 1.29 is 61.0 Å². The van der Waals surface area contributed by atoms with Gasteiger partial charge in [0.05, 0.1) is 17.4 Å². The zero-order valence-corrected chi connectivity index (χ0v) is 27.1. The molecule has 3 aliphatic heterocycles. The number of phosphoric ester groups is 1. The van der Waals surface area contributed by atoms with Gasteiger partial charge in [0.25, 0.3) is 0 Å². The molecule has 4 atom stereocenters. The maximum atomic E-state index is 13.7. The van der Waals surface area contributed by atoms with E-state index in [-0.39, 0.29) is 6.54 Å². The second-order valence-electron chi connectivity index (χ2n) is 13.5. The summed E-state index contributed by atoms with van der Waals surface area (Å²) in [6, 6.07) is -0.503. The van der Waals surface area contributed by atoms with Crippen LogP contribution in [0.25, 0.3) is 0 Å². The van der Waals surface area contributed by atoms with Crippen molar-refractivity contribution in [2.75, 3.05) is 26.7 Å². The summed E-state index contributed by atoms with van der Waals surface area (Å²) in [6.45, 7) is 9.64. The van der Waals surface area contributed by atoms with Crippen molar-refractivity contribution in [3.05, 3.63) is 11.8 Å². The third-order valence-corrected chi connectivity index (χ3v) is 8.93. The highest BCUT2D eigenvalue weighted by Gasteiger charge is 2.68. The van der Waals surface area contributed by atoms with Crippen LogP contribution < -0.4 is 5.32 Å². The van der Waals surface area contributed by atoms with E-state index in [1.165, 1.54) is 11.1 Å². The molecule has 44 heavy (non-hydrogen) atoms. The van der Waals surface area contributed by atoms with Gasteiger partial charge in [0.2, 0.25) is 13.6 Å². The predicted octanol–water partition coefficient (Wildman–Crippen LogP) is 3.52. The first-order valence-corrected chi connectivity index (χ1v) is 16.0. The molecule has 0 unspecified atom stereocenters. The van der Waals surface area contributed by atoms with E-state index in [1.807, 2.05) is 0 Å². The number of nitrogens with one attached hydrogen (secondary N) is 1. The molecule has 0 aromatic heterocycles. The normalized spacial score (nSPS) is 28.4. The van der Waals surface area contributed by atoms with Crippen LogP contribution in [0.3, 0.4) is 0 Å². The van der Waals surface area contributed by atoms with Crippen molar-refractivity contribution in [1.82, 2.24) is 10.2 Å². The summed E-state index contributed by atoms with van der Waals surface area (Å²) in [5.74, 6) is -2.15. The van der Waals surface area contributed by atoms with Crippen molar-refractivity contribution >= 4 is 32.1 Å². The molecule has 3 fully saturated rings. The van der Waals surface area contributed by atoms with E-state index in [1.54, 1.807) is 48.5 Å². The van der Waals surface area contributed by atoms with Crippen LogP contribution in [-0.2, 0) is 56.2 Å². The fraction of sp³-hybridized carbons (Fsp3) is 0.786. The molecule has 0 bridgehead atoms. The van der Waals surface area contributed by atoms with Crippen LogP contribution in [0.2, 0.25) is 0 Å². The number of hydrogen-bond acceptors (Lipinski definition) is 13. The van der Waals surface area contributed by atoms with Gasteiger partial charge in [0.15, 0.2) is 12.0 Å². The van der Waals surface area contributed by atoms with Crippen molar-refractivity contribution in [2.45, 2.75) is 104 Å². The van der Waals surface area contributed by atoms with Gasteiger partial charge in [0, 0.05) is 31.2 Å². The van der Waals surface area contributed by atoms with Crippen LogP contribution >= 0.6 is 7.82 Å². The minimum Gasteiger partial charge on any atom is -0.437 e. The number of phosphoric acid groups is 1. The molecule has 4 rings (SSSR count). The number of fused-ring (bicyclic) bond motifs is 1. The third kappa shape index (κ3) is 7.52. The number of hydrogen-bond donors (Lipinski definition) is 1. The number of carbonyl (C=O) groups excluding carboxylic acids is 4. The van der Waals surface area contributed by atoms with E-state index in [4.69, 9.17) is 37.3 Å². The van der Waals surface area contributed by atoms with Crippen molar-refractivity contribution in [3.63, 3.8) is 0 Å². The predicted molar refractivity (Wildman–Crippen MR) is 150 cm³/mol. The number of ether oxygens (including phenoxy) is 5. The highest BCUT2D eigenvalue weighted by Crippen LogP contribution is 2.55. The highest BCUT2D eigenvalue weighted by molar-refractivity contribution is 7.48. The number of urea groups is 1. The second kappa shape index (κ2) is 12.8. The standard InChI is InChI=1S/C28H43N2O13P/c1-25(2,3)22(32)36-16-39-44(35,40-17-37-23(33)26(4,5)6)38-15-19-20-27(7,43-28(42-20)10-8-9-11-28)21(41-19)30-13-18(14-31)12-29-24(30)34/h13-14,19-21H,8-12,15-17H2,1-7H3,(H,29,34)/t19-,20-,21-,27-/m1/s1. The van der Waals surface area contributed by atoms with Gasteiger partial charge in [-0.15, -0.1) is 0 Å². The molecule has 16 heteroatoms. The lowest BCUT2D eigenvalue weighted by Gasteiger charge is -2.37. The first kappa shape index (κ1) is 34.5. The van der Waals surface area contributed by atoms with Gasteiger partial charge >= 0.3 is 25.8 Å². The summed E-state index contributed by atoms with van der Waals surface area (Å²) < 4.78 is 59.2. The van der Waals surface area contributed by atoms with Crippen molar-refractivity contribution in [1.29, 1.82) is 0 Å². The molecule has 0 aromatic rings. The Morgan fingerprint density at radius 2 is 1.61 bits per heavy atom. The van der Waals surface area contributed by atoms with Gasteiger partial charge in [-0.25, -0.2) is 18.4 Å². The Labute approximate surface area is 256 Å². The maximum Gasteiger partial charge on any atom is 0.480 e. The fourth-order valence-electron chi connectivity index (χ4n) is 5.24. The molecule has 2 amide bonds. The Kier molecular flexibility index (Phi) is 10.0. The molecule has 0 radical (unpaired) electrons. The largest absolute Gasteiger partial charge is 0.480 e. The lowest BCUT2D eigenvalue weighted by atomic mass is 9.96. The Morgan fingerprint density at radius 1 is 1.05 bits per heavy atom. The van der Waals surface area contributed by atoms with E-state index in [9.17, 15) is 23.7 Å². The summed E-state index contributed by atoms with van der Waals surface area (Å²) in [5, 5.41) is 2.64. The summed E-state index contributed by atoms with van der Waals surface area (Å²) >= 11 is 0. The van der Waals surface area contributed by atoms with Crippen molar-refractivity contribution in [2.24, 2.45) is 10.8 Å². The van der Waals surface area contributed by atoms with Crippen molar-refractivity contribution in [3.8, 4) is 0 Å².